The summed E-state index contributed by atoms with van der Waals surface area (Å²) in [5.41, 5.74) is 1.84. The van der Waals surface area contributed by atoms with Crippen LogP contribution in [0.3, 0.4) is 0 Å². The summed E-state index contributed by atoms with van der Waals surface area (Å²) in [6.07, 6.45) is 2.09. The van der Waals surface area contributed by atoms with Gasteiger partial charge in [-0.05, 0) is 11.1 Å². The number of benzene rings is 1. The Labute approximate surface area is 111 Å². The third kappa shape index (κ3) is 3.81. The van der Waals surface area contributed by atoms with E-state index in [2.05, 4.69) is 5.32 Å². The van der Waals surface area contributed by atoms with Crippen molar-refractivity contribution in [1.82, 2.24) is 9.88 Å². The summed E-state index contributed by atoms with van der Waals surface area (Å²) in [6.45, 7) is 0.430. The van der Waals surface area contributed by atoms with E-state index < -0.39 is 0 Å². The maximum absolute atomic E-state index is 11.8. The monoisotopic (exact) mass is 256 g/mol. The molecule has 0 saturated heterocycles. The van der Waals surface area contributed by atoms with Crippen LogP contribution in [0.4, 0.5) is 0 Å². The zero-order chi connectivity index (χ0) is 13.7. The molecule has 0 radical (unpaired) electrons. The molecular formula is C15H16N2O2. The topological polar surface area (TPSA) is 51.1 Å². The first-order valence-electron chi connectivity index (χ1n) is 6.11. The summed E-state index contributed by atoms with van der Waals surface area (Å²) in [4.78, 5) is 23.0. The van der Waals surface area contributed by atoms with Crippen LogP contribution in [0.15, 0.2) is 53.5 Å². The normalized spacial score (nSPS) is 10.2. The molecule has 2 rings (SSSR count). The zero-order valence-corrected chi connectivity index (χ0v) is 10.8. The van der Waals surface area contributed by atoms with E-state index in [4.69, 9.17) is 0 Å². The first-order valence-corrected chi connectivity index (χ1v) is 6.11. The van der Waals surface area contributed by atoms with Crippen LogP contribution in [0.25, 0.3) is 0 Å². The molecule has 98 valence electrons. The quantitative estimate of drug-likeness (QED) is 0.895. The molecule has 0 spiro atoms. The van der Waals surface area contributed by atoms with Crippen molar-refractivity contribution in [2.45, 2.75) is 13.0 Å². The van der Waals surface area contributed by atoms with Gasteiger partial charge < -0.3 is 9.88 Å². The average molecular weight is 256 g/mol. The van der Waals surface area contributed by atoms with Crippen LogP contribution in [0.2, 0.25) is 0 Å². The molecule has 1 aromatic carbocycles. The lowest BCUT2D eigenvalue weighted by atomic mass is 10.1. The van der Waals surface area contributed by atoms with Crippen LogP contribution in [0.1, 0.15) is 11.1 Å². The van der Waals surface area contributed by atoms with E-state index in [1.54, 1.807) is 19.3 Å². The minimum atomic E-state index is -0.0561. The van der Waals surface area contributed by atoms with Crippen LogP contribution in [-0.2, 0) is 24.8 Å². The van der Waals surface area contributed by atoms with E-state index in [0.717, 1.165) is 11.1 Å². The first kappa shape index (κ1) is 13.1. The number of hydrogen-bond acceptors (Lipinski definition) is 2. The van der Waals surface area contributed by atoms with Crippen LogP contribution in [-0.4, -0.2) is 10.5 Å². The highest BCUT2D eigenvalue weighted by molar-refractivity contribution is 5.78. The Morgan fingerprint density at radius 1 is 1.11 bits per heavy atom. The standard InChI is InChI=1S/C15H16N2O2/c1-17-11-13(7-8-15(17)19)10-16-14(18)9-12-5-3-2-4-6-12/h2-8,11H,9-10H2,1H3,(H,16,18). The van der Waals surface area contributed by atoms with Crippen LogP contribution >= 0.6 is 0 Å². The molecule has 0 aliphatic carbocycles. The van der Waals surface area contributed by atoms with Gasteiger partial charge in [-0.25, -0.2) is 0 Å². The zero-order valence-electron chi connectivity index (χ0n) is 10.8. The molecule has 1 aromatic heterocycles. The predicted octanol–water partition coefficient (Wildman–Crippen LogP) is 1.24. The number of amides is 1. The lowest BCUT2D eigenvalue weighted by Gasteiger charge is -2.06. The number of carbonyl (C=O) groups is 1. The summed E-state index contributed by atoms with van der Waals surface area (Å²) in [7, 11) is 1.69. The molecule has 0 aliphatic heterocycles. The molecule has 0 aliphatic rings. The second-order valence-corrected chi connectivity index (χ2v) is 4.43. The third-order valence-corrected chi connectivity index (χ3v) is 2.84. The fraction of sp³-hybridized carbons (Fsp3) is 0.200. The SMILES string of the molecule is Cn1cc(CNC(=O)Cc2ccccc2)ccc1=O. The fourth-order valence-electron chi connectivity index (χ4n) is 1.80. The average Bonchev–Trinajstić information content (AvgIpc) is 2.41. The molecule has 19 heavy (non-hydrogen) atoms. The Morgan fingerprint density at radius 2 is 1.84 bits per heavy atom. The Balaban J connectivity index is 1.90. The van der Waals surface area contributed by atoms with Crippen LogP contribution < -0.4 is 10.9 Å². The minimum Gasteiger partial charge on any atom is -0.352 e. The second kappa shape index (κ2) is 6.00. The van der Waals surface area contributed by atoms with E-state index >= 15 is 0 Å². The molecule has 0 unspecified atom stereocenters. The third-order valence-electron chi connectivity index (χ3n) is 2.84. The molecule has 1 amide bonds. The lowest BCUT2D eigenvalue weighted by molar-refractivity contribution is -0.120. The second-order valence-electron chi connectivity index (χ2n) is 4.43. The Hall–Kier alpha value is -2.36. The smallest absolute Gasteiger partial charge is 0.250 e. The molecule has 0 atom stereocenters. The number of carbonyl (C=O) groups excluding carboxylic acids is 1. The lowest BCUT2D eigenvalue weighted by Crippen LogP contribution is -2.25. The van der Waals surface area contributed by atoms with E-state index in [1.807, 2.05) is 30.3 Å². The van der Waals surface area contributed by atoms with Gasteiger partial charge in [0.1, 0.15) is 0 Å². The Kier molecular flexibility index (Phi) is 4.13. The summed E-state index contributed by atoms with van der Waals surface area (Å²) < 4.78 is 1.50. The largest absolute Gasteiger partial charge is 0.352 e. The maximum atomic E-state index is 11.8. The maximum Gasteiger partial charge on any atom is 0.250 e. The van der Waals surface area contributed by atoms with E-state index in [9.17, 15) is 9.59 Å². The minimum absolute atomic E-state index is 0.0277. The fourth-order valence-corrected chi connectivity index (χ4v) is 1.80. The molecule has 4 nitrogen and oxygen atoms in total. The number of hydrogen-bond donors (Lipinski definition) is 1. The summed E-state index contributed by atoms with van der Waals surface area (Å²) in [6, 6.07) is 12.8. The highest BCUT2D eigenvalue weighted by Crippen LogP contribution is 2.00. The molecule has 2 aromatic rings. The number of rotatable bonds is 4. The van der Waals surface area contributed by atoms with Crippen LogP contribution in [0.5, 0.6) is 0 Å². The molecule has 0 bridgehead atoms. The van der Waals surface area contributed by atoms with E-state index in [1.165, 1.54) is 10.6 Å². The van der Waals surface area contributed by atoms with Crippen molar-refractivity contribution in [2.75, 3.05) is 0 Å². The Morgan fingerprint density at radius 3 is 2.53 bits per heavy atom. The first-order chi connectivity index (χ1) is 9.15. The predicted molar refractivity (Wildman–Crippen MR) is 73.7 cm³/mol. The van der Waals surface area contributed by atoms with E-state index in [-0.39, 0.29) is 11.5 Å². The van der Waals surface area contributed by atoms with Crippen molar-refractivity contribution in [1.29, 1.82) is 0 Å². The number of aryl methyl sites for hydroxylation is 1. The van der Waals surface area contributed by atoms with E-state index in [0.29, 0.717) is 13.0 Å². The van der Waals surface area contributed by atoms with Gasteiger partial charge >= 0.3 is 0 Å². The van der Waals surface area contributed by atoms with Crippen molar-refractivity contribution in [3.05, 3.63) is 70.1 Å². The molecule has 0 fully saturated rings. The summed E-state index contributed by atoms with van der Waals surface area (Å²) in [5.74, 6) is -0.0277. The van der Waals surface area contributed by atoms with Gasteiger partial charge in [0.15, 0.2) is 0 Å². The Bertz CT molecular complexity index is 618. The highest BCUT2D eigenvalue weighted by Gasteiger charge is 2.03. The number of aromatic nitrogens is 1. The van der Waals surface area contributed by atoms with Gasteiger partial charge in [-0.15, -0.1) is 0 Å². The van der Waals surface area contributed by atoms with Gasteiger partial charge in [0.05, 0.1) is 6.42 Å². The molecule has 1 heterocycles. The van der Waals surface area contributed by atoms with Crippen molar-refractivity contribution < 1.29 is 4.79 Å². The molecular weight excluding hydrogens is 240 g/mol. The van der Waals surface area contributed by atoms with Gasteiger partial charge in [0.2, 0.25) is 11.5 Å². The molecule has 0 saturated carbocycles. The van der Waals surface area contributed by atoms with Crippen molar-refractivity contribution >= 4 is 5.91 Å². The van der Waals surface area contributed by atoms with Gasteiger partial charge in [0.25, 0.3) is 0 Å². The van der Waals surface area contributed by atoms with Gasteiger partial charge in [-0.1, -0.05) is 36.4 Å². The van der Waals surface area contributed by atoms with Crippen molar-refractivity contribution in [3.63, 3.8) is 0 Å². The molecule has 4 heteroatoms. The van der Waals surface area contributed by atoms with Gasteiger partial charge in [-0.3, -0.25) is 9.59 Å². The van der Waals surface area contributed by atoms with Gasteiger partial charge in [0, 0.05) is 25.9 Å². The van der Waals surface area contributed by atoms with Gasteiger partial charge in [-0.2, -0.15) is 0 Å². The summed E-state index contributed by atoms with van der Waals surface area (Å²) >= 11 is 0. The highest BCUT2D eigenvalue weighted by atomic mass is 16.1. The number of nitrogens with one attached hydrogen (secondary N) is 1. The van der Waals surface area contributed by atoms with Crippen molar-refractivity contribution in [3.8, 4) is 0 Å². The van der Waals surface area contributed by atoms with Crippen molar-refractivity contribution in [2.24, 2.45) is 7.05 Å². The van der Waals surface area contributed by atoms with Crippen LogP contribution in [0, 0.1) is 0 Å². The number of pyridine rings is 1. The summed E-state index contributed by atoms with van der Waals surface area (Å²) in [5, 5.41) is 2.84. The molecule has 1 N–H and O–H groups in total. The number of nitrogens with zero attached hydrogens (tertiary/aromatic N) is 1.